The lowest BCUT2D eigenvalue weighted by molar-refractivity contribution is -0.150. The highest BCUT2D eigenvalue weighted by atomic mass is 35.5. The monoisotopic (exact) mass is 543 g/mol. The lowest BCUT2D eigenvalue weighted by Crippen LogP contribution is -2.44. The first-order valence-corrected chi connectivity index (χ1v) is 12.7. The van der Waals surface area contributed by atoms with Crippen molar-refractivity contribution in [3.8, 4) is 17.6 Å². The van der Waals surface area contributed by atoms with Crippen LogP contribution in [0.1, 0.15) is 24.0 Å². The average Bonchev–Trinajstić information content (AvgIpc) is 2.91. The van der Waals surface area contributed by atoms with Gasteiger partial charge in [0.05, 0.1) is 48.3 Å². The van der Waals surface area contributed by atoms with Gasteiger partial charge in [-0.1, -0.05) is 41.6 Å². The summed E-state index contributed by atoms with van der Waals surface area (Å²) in [6, 6.07) is 14.2. The van der Waals surface area contributed by atoms with E-state index in [4.69, 9.17) is 25.8 Å². The number of esters is 1. The molecule has 0 spiro atoms. The average molecular weight is 544 g/mol. The van der Waals surface area contributed by atoms with E-state index in [9.17, 15) is 19.6 Å². The Balaban J connectivity index is 1.82. The molecule has 0 bridgehead atoms. The Morgan fingerprint density at radius 2 is 1.92 bits per heavy atom. The molecule has 9 nitrogen and oxygen atoms in total. The number of hydrogen-bond acceptors (Lipinski definition) is 8. The fraction of sp³-hybridized carbons (Fsp3) is 0.308. The van der Waals surface area contributed by atoms with E-state index in [1.54, 1.807) is 37.4 Å². The number of benzene rings is 2. The Morgan fingerprint density at radius 3 is 2.51 bits per heavy atom. The third-order valence-corrected chi connectivity index (χ3v) is 6.91. The Labute approximate surface area is 224 Å². The van der Waals surface area contributed by atoms with Crippen molar-refractivity contribution in [1.29, 1.82) is 5.26 Å². The molecule has 194 valence electrons. The van der Waals surface area contributed by atoms with Gasteiger partial charge in [-0.15, -0.1) is 0 Å². The van der Waals surface area contributed by atoms with Crippen LogP contribution in [0.4, 0.5) is 0 Å². The number of amides is 2. The standard InChI is InChI=1S/C26H26ClN3O6S/c1-4-36-20-10-7-16(11-19(20)27)22-18(12-28)25(30-24(32)23(22)26(33)35-3)37-14-21(31)29-13-15-5-8-17(34-2)9-6-15/h5-11,22-23H,4,13-14H2,1-3H3,(H,29,31)(H,30,32)/t22-,23-/m0/s1. The summed E-state index contributed by atoms with van der Waals surface area (Å²) >= 11 is 7.35. The molecule has 11 heteroatoms. The maximum absolute atomic E-state index is 13.0. The van der Waals surface area contributed by atoms with Crippen molar-refractivity contribution in [1.82, 2.24) is 10.6 Å². The summed E-state index contributed by atoms with van der Waals surface area (Å²) in [5.41, 5.74) is 1.48. The number of nitrogens with one attached hydrogen (secondary N) is 2. The number of ether oxygens (including phenoxy) is 3. The second-order valence-corrected chi connectivity index (χ2v) is 9.25. The van der Waals surface area contributed by atoms with Crippen LogP contribution in [0.15, 0.2) is 53.1 Å². The van der Waals surface area contributed by atoms with Gasteiger partial charge in [0, 0.05) is 12.5 Å². The van der Waals surface area contributed by atoms with Gasteiger partial charge < -0.3 is 24.8 Å². The highest BCUT2D eigenvalue weighted by Crippen LogP contribution is 2.42. The predicted octanol–water partition coefficient (Wildman–Crippen LogP) is 3.53. The van der Waals surface area contributed by atoms with Crippen LogP contribution in [0.2, 0.25) is 5.02 Å². The molecule has 2 aromatic carbocycles. The number of hydrogen-bond donors (Lipinski definition) is 2. The van der Waals surface area contributed by atoms with E-state index < -0.39 is 23.7 Å². The van der Waals surface area contributed by atoms with Crippen LogP contribution in [0.25, 0.3) is 0 Å². The minimum absolute atomic E-state index is 0.0589. The molecular weight excluding hydrogens is 518 g/mol. The predicted molar refractivity (Wildman–Crippen MR) is 139 cm³/mol. The third-order valence-electron chi connectivity index (χ3n) is 5.59. The van der Waals surface area contributed by atoms with Crippen LogP contribution in [0.5, 0.6) is 11.5 Å². The van der Waals surface area contributed by atoms with Crippen molar-refractivity contribution < 1.29 is 28.6 Å². The topological polar surface area (TPSA) is 127 Å². The number of nitriles is 1. The molecule has 1 aliphatic rings. The van der Waals surface area contributed by atoms with E-state index in [0.29, 0.717) is 30.2 Å². The fourth-order valence-corrected chi connectivity index (χ4v) is 4.92. The van der Waals surface area contributed by atoms with Crippen LogP contribution in [0, 0.1) is 17.2 Å². The van der Waals surface area contributed by atoms with Gasteiger partial charge in [-0.25, -0.2) is 0 Å². The number of carbonyl (C=O) groups excluding carboxylic acids is 3. The number of thioether (sulfide) groups is 1. The van der Waals surface area contributed by atoms with Crippen LogP contribution in [0.3, 0.4) is 0 Å². The lowest BCUT2D eigenvalue weighted by atomic mass is 9.78. The van der Waals surface area contributed by atoms with Gasteiger partial charge in [0.1, 0.15) is 17.4 Å². The fourth-order valence-electron chi connectivity index (χ4n) is 3.80. The number of allylic oxidation sites excluding steroid dienone is 1. The Hall–Kier alpha value is -3.68. The normalized spacial score (nSPS) is 16.9. The van der Waals surface area contributed by atoms with Gasteiger partial charge in [-0.05, 0) is 42.3 Å². The molecule has 0 radical (unpaired) electrons. The van der Waals surface area contributed by atoms with E-state index in [1.165, 1.54) is 7.11 Å². The smallest absolute Gasteiger partial charge is 0.319 e. The Morgan fingerprint density at radius 1 is 1.19 bits per heavy atom. The maximum atomic E-state index is 13.0. The van der Waals surface area contributed by atoms with Crippen molar-refractivity contribution in [2.75, 3.05) is 26.6 Å². The molecule has 1 heterocycles. The first kappa shape index (κ1) is 27.9. The molecule has 3 rings (SSSR count). The molecule has 0 saturated carbocycles. The van der Waals surface area contributed by atoms with Crippen molar-refractivity contribution in [3.63, 3.8) is 0 Å². The van der Waals surface area contributed by atoms with Crippen molar-refractivity contribution in [3.05, 3.63) is 69.2 Å². The molecule has 1 aliphatic heterocycles. The summed E-state index contributed by atoms with van der Waals surface area (Å²) in [5, 5.41) is 15.9. The van der Waals surface area contributed by atoms with E-state index in [0.717, 1.165) is 17.3 Å². The lowest BCUT2D eigenvalue weighted by Gasteiger charge is -2.31. The minimum atomic E-state index is -1.30. The molecule has 0 fully saturated rings. The van der Waals surface area contributed by atoms with E-state index in [1.807, 2.05) is 19.1 Å². The quantitative estimate of drug-likeness (QED) is 0.344. The van der Waals surface area contributed by atoms with E-state index >= 15 is 0 Å². The zero-order chi connectivity index (χ0) is 26.9. The largest absolute Gasteiger partial charge is 0.497 e. The van der Waals surface area contributed by atoms with Crippen molar-refractivity contribution >= 4 is 41.1 Å². The number of halogens is 1. The van der Waals surface area contributed by atoms with Crippen LogP contribution in [-0.2, 0) is 25.7 Å². The highest BCUT2D eigenvalue weighted by Gasteiger charge is 2.44. The van der Waals surface area contributed by atoms with Crippen LogP contribution >= 0.6 is 23.4 Å². The second kappa shape index (κ2) is 13.0. The number of rotatable bonds is 10. The van der Waals surface area contributed by atoms with Crippen LogP contribution < -0.4 is 20.1 Å². The second-order valence-electron chi connectivity index (χ2n) is 7.86. The molecule has 2 N–H and O–H groups in total. The number of carbonyl (C=O) groups is 3. The highest BCUT2D eigenvalue weighted by molar-refractivity contribution is 8.03. The molecule has 0 saturated heterocycles. The first-order chi connectivity index (χ1) is 17.8. The van der Waals surface area contributed by atoms with Gasteiger partial charge in [-0.3, -0.25) is 14.4 Å². The SMILES string of the molecule is CCOc1ccc([C@H]2C(C#N)=C(SCC(=O)NCc3ccc(OC)cc3)NC(=O)[C@H]2C(=O)OC)cc1Cl. The maximum Gasteiger partial charge on any atom is 0.319 e. The van der Waals surface area contributed by atoms with Crippen LogP contribution in [-0.4, -0.2) is 44.4 Å². The summed E-state index contributed by atoms with van der Waals surface area (Å²) in [4.78, 5) is 38.0. The summed E-state index contributed by atoms with van der Waals surface area (Å²) in [5.74, 6) is -2.89. The number of nitrogens with zero attached hydrogens (tertiary/aromatic N) is 1. The van der Waals surface area contributed by atoms with Gasteiger partial charge in [0.25, 0.3) is 0 Å². The molecule has 0 unspecified atom stereocenters. The molecule has 37 heavy (non-hydrogen) atoms. The third kappa shape index (κ3) is 6.76. The van der Waals surface area contributed by atoms with Gasteiger partial charge in [-0.2, -0.15) is 5.26 Å². The summed E-state index contributed by atoms with van der Waals surface area (Å²) in [7, 11) is 2.75. The minimum Gasteiger partial charge on any atom is -0.497 e. The van der Waals surface area contributed by atoms with E-state index in [-0.39, 0.29) is 27.3 Å². The summed E-state index contributed by atoms with van der Waals surface area (Å²) in [6.07, 6.45) is 0. The Bertz CT molecular complexity index is 1240. The van der Waals surface area contributed by atoms with E-state index in [2.05, 4.69) is 16.7 Å². The summed E-state index contributed by atoms with van der Waals surface area (Å²) < 4.78 is 15.4. The Kier molecular flexibility index (Phi) is 9.83. The molecular formula is C26H26ClN3O6S. The van der Waals surface area contributed by atoms with Gasteiger partial charge in [0.2, 0.25) is 11.8 Å². The number of methoxy groups -OCH3 is 2. The van der Waals surface area contributed by atoms with Crippen molar-refractivity contribution in [2.45, 2.75) is 19.4 Å². The molecule has 2 atom stereocenters. The molecule has 2 amide bonds. The van der Waals surface area contributed by atoms with Gasteiger partial charge >= 0.3 is 5.97 Å². The molecule has 0 aromatic heterocycles. The summed E-state index contributed by atoms with van der Waals surface area (Å²) in [6.45, 7) is 2.52. The molecule has 2 aromatic rings. The zero-order valence-electron chi connectivity index (χ0n) is 20.5. The van der Waals surface area contributed by atoms with Gasteiger partial charge in [0.15, 0.2) is 0 Å². The van der Waals surface area contributed by atoms with Crippen molar-refractivity contribution in [2.24, 2.45) is 5.92 Å². The first-order valence-electron chi connectivity index (χ1n) is 11.3. The zero-order valence-corrected chi connectivity index (χ0v) is 22.1. The molecule has 0 aliphatic carbocycles.